The predicted molar refractivity (Wildman–Crippen MR) is 145 cm³/mol. The van der Waals surface area contributed by atoms with Gasteiger partial charge in [0.1, 0.15) is 6.42 Å². The number of unbranched alkanes of at least 4 members (excludes halogenated alkanes) is 18. The summed E-state index contributed by atoms with van der Waals surface area (Å²) < 4.78 is 4.96. The van der Waals surface area contributed by atoms with Gasteiger partial charge in [0.25, 0.3) is 0 Å². The highest BCUT2D eigenvalue weighted by molar-refractivity contribution is 5.94. The van der Waals surface area contributed by atoms with Crippen LogP contribution in [-0.4, -0.2) is 36.6 Å². The van der Waals surface area contributed by atoms with Crippen molar-refractivity contribution in [1.29, 1.82) is 0 Å². The lowest BCUT2D eigenvalue weighted by molar-refractivity contribution is -0.149. The van der Waals surface area contributed by atoms with Gasteiger partial charge >= 0.3 is 5.97 Å². The molecule has 1 N–H and O–H groups in total. The van der Waals surface area contributed by atoms with Crippen molar-refractivity contribution in [2.24, 2.45) is 0 Å². The first kappa shape index (κ1) is 32.9. The molecule has 0 aromatic rings. The lowest BCUT2D eigenvalue weighted by Gasteiger charge is -2.23. The topological polar surface area (TPSA) is 58.6 Å². The molecule has 1 amide bonds. The maximum absolute atomic E-state index is 12.6. The molecule has 34 heavy (non-hydrogen) atoms. The number of esters is 1. The van der Waals surface area contributed by atoms with Crippen LogP contribution in [0.4, 0.5) is 0 Å². The van der Waals surface area contributed by atoms with E-state index in [1.807, 2.05) is 0 Å². The second-order valence-electron chi connectivity index (χ2n) is 9.80. The summed E-state index contributed by atoms with van der Waals surface area (Å²) in [6.07, 6.45) is 25.6. The molecule has 0 bridgehead atoms. The van der Waals surface area contributed by atoms with E-state index in [4.69, 9.17) is 4.74 Å². The molecule has 0 aliphatic heterocycles. The van der Waals surface area contributed by atoms with E-state index in [0.717, 1.165) is 25.8 Å². The molecule has 0 radical (unpaired) electrons. The molecule has 0 saturated carbocycles. The van der Waals surface area contributed by atoms with Gasteiger partial charge in [-0.15, -0.1) is 0 Å². The lowest BCUT2D eigenvalue weighted by atomic mass is 10.1. The van der Waals surface area contributed by atoms with Crippen molar-refractivity contribution < 1.29 is 14.3 Å². The van der Waals surface area contributed by atoms with Gasteiger partial charge in [0.2, 0.25) is 5.91 Å². The van der Waals surface area contributed by atoms with Crippen molar-refractivity contribution >= 4 is 11.9 Å². The summed E-state index contributed by atoms with van der Waals surface area (Å²) in [5.41, 5.74) is 3.30. The largest absolute Gasteiger partial charge is 0.466 e. The molecule has 0 atom stereocenters. The molecule has 0 aliphatic carbocycles. The number of nitrogens with zero attached hydrogens (tertiary/aromatic N) is 1. The van der Waals surface area contributed by atoms with E-state index in [1.54, 1.807) is 11.9 Å². The highest BCUT2D eigenvalue weighted by Gasteiger charge is 2.17. The van der Waals surface area contributed by atoms with Gasteiger partial charge < -0.3 is 4.74 Å². The summed E-state index contributed by atoms with van der Waals surface area (Å²) in [7, 11) is 0. The van der Waals surface area contributed by atoms with E-state index in [-0.39, 0.29) is 12.3 Å². The number of carbonyl (C=O) groups excluding carboxylic acids is 2. The standard InChI is InChI=1S/C29H58N2O3/c1-4-7-9-11-13-15-17-19-21-23-25-30-31(28(32)27-29(33)34-6-3)26-24-22-20-18-16-14-12-10-8-5-2/h30H,4-27H2,1-3H3. The summed E-state index contributed by atoms with van der Waals surface area (Å²) in [5, 5.41) is 1.68. The average Bonchev–Trinajstić information content (AvgIpc) is 2.82. The second kappa shape index (κ2) is 26.5. The van der Waals surface area contributed by atoms with Gasteiger partial charge in [-0.1, -0.05) is 129 Å². The highest BCUT2D eigenvalue weighted by atomic mass is 16.5. The average molecular weight is 483 g/mol. The summed E-state index contributed by atoms with van der Waals surface area (Å²) in [6, 6.07) is 0. The molecule has 5 heteroatoms. The third-order valence-corrected chi connectivity index (χ3v) is 6.47. The van der Waals surface area contributed by atoms with Crippen LogP contribution in [0.3, 0.4) is 0 Å². The van der Waals surface area contributed by atoms with Gasteiger partial charge in [0.05, 0.1) is 6.61 Å². The van der Waals surface area contributed by atoms with Crippen molar-refractivity contribution in [3.8, 4) is 0 Å². The fourth-order valence-corrected chi connectivity index (χ4v) is 4.31. The third kappa shape index (κ3) is 22.7. The Labute approximate surface area is 212 Å². The van der Waals surface area contributed by atoms with Crippen molar-refractivity contribution in [2.75, 3.05) is 19.7 Å². The Kier molecular flexibility index (Phi) is 25.6. The minimum absolute atomic E-state index is 0.165. The Morgan fingerprint density at radius 3 is 1.44 bits per heavy atom. The molecular weight excluding hydrogens is 424 g/mol. The minimum atomic E-state index is -0.429. The fraction of sp³-hybridized carbons (Fsp3) is 0.931. The first-order valence-corrected chi connectivity index (χ1v) is 14.8. The van der Waals surface area contributed by atoms with Crippen molar-refractivity contribution in [3.63, 3.8) is 0 Å². The minimum Gasteiger partial charge on any atom is -0.466 e. The maximum atomic E-state index is 12.6. The molecule has 0 aromatic heterocycles. The molecule has 0 rings (SSSR count). The van der Waals surface area contributed by atoms with Crippen LogP contribution in [0.15, 0.2) is 0 Å². The predicted octanol–water partition coefficient (Wildman–Crippen LogP) is 8.11. The van der Waals surface area contributed by atoms with Gasteiger partial charge in [0, 0.05) is 13.1 Å². The van der Waals surface area contributed by atoms with Crippen LogP contribution in [0, 0.1) is 0 Å². The van der Waals surface area contributed by atoms with Crippen LogP contribution in [0.2, 0.25) is 0 Å². The zero-order valence-corrected chi connectivity index (χ0v) is 23.1. The molecule has 0 spiro atoms. The van der Waals surface area contributed by atoms with E-state index in [0.29, 0.717) is 13.2 Å². The summed E-state index contributed by atoms with van der Waals surface area (Å²) in [6.45, 7) is 8.07. The number of ether oxygens (including phenoxy) is 1. The molecule has 0 unspecified atom stereocenters. The number of hydrogen-bond donors (Lipinski definition) is 1. The second-order valence-corrected chi connectivity index (χ2v) is 9.80. The van der Waals surface area contributed by atoms with Gasteiger partial charge in [-0.3, -0.25) is 14.6 Å². The van der Waals surface area contributed by atoms with Gasteiger partial charge in [-0.25, -0.2) is 5.43 Å². The number of hydrogen-bond acceptors (Lipinski definition) is 4. The van der Waals surface area contributed by atoms with Crippen LogP contribution in [-0.2, 0) is 14.3 Å². The highest BCUT2D eigenvalue weighted by Crippen LogP contribution is 2.12. The number of hydrazine groups is 1. The molecule has 202 valence electrons. The molecule has 0 aromatic carbocycles. The Morgan fingerprint density at radius 1 is 0.588 bits per heavy atom. The quantitative estimate of drug-likeness (QED) is 0.0585. The molecule has 0 heterocycles. The van der Waals surface area contributed by atoms with E-state index in [9.17, 15) is 9.59 Å². The first-order valence-electron chi connectivity index (χ1n) is 14.8. The normalized spacial score (nSPS) is 11.0. The monoisotopic (exact) mass is 482 g/mol. The molecule has 5 nitrogen and oxygen atoms in total. The van der Waals surface area contributed by atoms with E-state index >= 15 is 0 Å². The number of carbonyl (C=O) groups is 2. The first-order chi connectivity index (χ1) is 16.7. The summed E-state index contributed by atoms with van der Waals surface area (Å²) in [5.74, 6) is -0.595. The van der Waals surface area contributed by atoms with Crippen LogP contribution in [0.25, 0.3) is 0 Å². The molecule has 0 aliphatic rings. The van der Waals surface area contributed by atoms with Crippen LogP contribution >= 0.6 is 0 Å². The van der Waals surface area contributed by atoms with E-state index in [2.05, 4.69) is 19.3 Å². The lowest BCUT2D eigenvalue weighted by Crippen LogP contribution is -2.44. The van der Waals surface area contributed by atoms with Crippen LogP contribution in [0.1, 0.15) is 156 Å². The van der Waals surface area contributed by atoms with Gasteiger partial charge in [-0.05, 0) is 19.8 Å². The Morgan fingerprint density at radius 2 is 1.00 bits per heavy atom. The number of rotatable bonds is 26. The van der Waals surface area contributed by atoms with Crippen LogP contribution < -0.4 is 5.43 Å². The smallest absolute Gasteiger partial charge is 0.315 e. The molecular formula is C29H58N2O3. The van der Waals surface area contributed by atoms with Crippen LogP contribution in [0.5, 0.6) is 0 Å². The van der Waals surface area contributed by atoms with Gasteiger partial charge in [0.15, 0.2) is 0 Å². The van der Waals surface area contributed by atoms with Crippen molar-refractivity contribution in [1.82, 2.24) is 10.4 Å². The molecule has 0 saturated heterocycles. The number of amides is 1. The Balaban J connectivity index is 4.00. The van der Waals surface area contributed by atoms with Crippen molar-refractivity contribution in [2.45, 2.75) is 156 Å². The summed E-state index contributed by atoms with van der Waals surface area (Å²) in [4.78, 5) is 24.4. The number of nitrogens with one attached hydrogen (secondary N) is 1. The van der Waals surface area contributed by atoms with E-state index < -0.39 is 5.97 Å². The molecule has 0 fully saturated rings. The van der Waals surface area contributed by atoms with E-state index in [1.165, 1.54) is 109 Å². The zero-order valence-electron chi connectivity index (χ0n) is 23.1. The van der Waals surface area contributed by atoms with Crippen molar-refractivity contribution in [3.05, 3.63) is 0 Å². The van der Waals surface area contributed by atoms with Gasteiger partial charge in [-0.2, -0.15) is 0 Å². The zero-order chi connectivity index (χ0) is 25.1. The Hall–Kier alpha value is -1.10. The Bertz CT molecular complexity index is 457. The fourth-order valence-electron chi connectivity index (χ4n) is 4.31. The SMILES string of the molecule is CCCCCCCCCCCCNN(CCCCCCCCCCCC)C(=O)CC(=O)OCC. The summed E-state index contributed by atoms with van der Waals surface area (Å²) >= 11 is 0. The maximum Gasteiger partial charge on any atom is 0.315 e. The third-order valence-electron chi connectivity index (χ3n) is 6.47.